The number of aliphatic hydroxyl groups excluding tert-OH is 1. The van der Waals surface area contributed by atoms with Gasteiger partial charge in [0.25, 0.3) is 0 Å². The average molecular weight is 332 g/mol. The van der Waals surface area contributed by atoms with Crippen LogP contribution in [0.3, 0.4) is 0 Å². The number of fused-ring (bicyclic) bond motifs is 1. The first-order valence-corrected chi connectivity index (χ1v) is 7.45. The minimum absolute atomic E-state index is 0.0881. The van der Waals surface area contributed by atoms with E-state index in [0.29, 0.717) is 0 Å². The van der Waals surface area contributed by atoms with Gasteiger partial charge >= 0.3 is 11.9 Å². The van der Waals surface area contributed by atoms with Gasteiger partial charge in [-0.3, -0.25) is 4.79 Å². The first kappa shape index (κ1) is 18.1. The number of hydrogen-bond acceptors (Lipinski definition) is 9. The van der Waals surface area contributed by atoms with Gasteiger partial charge in [-0.1, -0.05) is 0 Å². The lowest BCUT2D eigenvalue weighted by atomic mass is 9.89. The molecule has 4 N–H and O–H groups in total. The lowest BCUT2D eigenvalue weighted by Crippen LogP contribution is -2.57. The number of nitrogens with two attached hydrogens (primary N) is 1. The number of nitrogens with one attached hydrogen (secondary N) is 1. The molecule has 9 heteroatoms. The van der Waals surface area contributed by atoms with Crippen molar-refractivity contribution in [2.75, 3.05) is 27.9 Å². The van der Waals surface area contributed by atoms with E-state index in [1.54, 1.807) is 7.05 Å². The Bertz CT molecular complexity index is 460. The molecular formula is C14H24N2O7. The Hall–Kier alpha value is -1.26. The molecule has 2 aliphatic rings. The van der Waals surface area contributed by atoms with Gasteiger partial charge in [0.15, 0.2) is 5.60 Å². The number of aliphatic hydroxyl groups is 1. The Balaban J connectivity index is 2.24. The first-order chi connectivity index (χ1) is 10.9. The van der Waals surface area contributed by atoms with Gasteiger partial charge in [0.1, 0.15) is 12.1 Å². The molecule has 9 nitrogen and oxygen atoms in total. The van der Waals surface area contributed by atoms with Crippen LogP contribution in [0.5, 0.6) is 0 Å². The van der Waals surface area contributed by atoms with Gasteiger partial charge in [-0.15, -0.1) is 0 Å². The van der Waals surface area contributed by atoms with Gasteiger partial charge in [-0.05, 0) is 7.05 Å². The molecule has 0 amide bonds. The minimum Gasteiger partial charge on any atom is -0.468 e. The van der Waals surface area contributed by atoms with Crippen molar-refractivity contribution in [1.29, 1.82) is 0 Å². The summed E-state index contributed by atoms with van der Waals surface area (Å²) in [5, 5.41) is 13.0. The molecule has 132 valence electrons. The monoisotopic (exact) mass is 332 g/mol. The van der Waals surface area contributed by atoms with E-state index in [4.69, 9.17) is 19.9 Å². The van der Waals surface area contributed by atoms with Crippen molar-refractivity contribution < 1.29 is 33.6 Å². The third-order valence-electron chi connectivity index (χ3n) is 4.45. The van der Waals surface area contributed by atoms with Crippen LogP contribution in [-0.2, 0) is 28.5 Å². The zero-order chi connectivity index (χ0) is 17.2. The maximum Gasteiger partial charge on any atom is 0.338 e. The van der Waals surface area contributed by atoms with E-state index in [9.17, 15) is 14.7 Å². The fraction of sp³-hybridized carbons (Fsp3) is 0.857. The SMILES string of the molecule is CN[C@H]1[C@H]2O[C@@](C[C@H](N)C(=O)OC)(C(=O)OC)C[C@H]2OC[C@H]1O. The normalized spacial score (nSPS) is 37.8. The minimum atomic E-state index is -1.41. The van der Waals surface area contributed by atoms with Crippen molar-refractivity contribution in [3.63, 3.8) is 0 Å². The van der Waals surface area contributed by atoms with Crippen molar-refractivity contribution in [1.82, 2.24) is 5.32 Å². The molecule has 0 aromatic carbocycles. The first-order valence-electron chi connectivity index (χ1n) is 7.45. The highest BCUT2D eigenvalue weighted by Gasteiger charge is 2.58. The molecule has 23 heavy (non-hydrogen) atoms. The van der Waals surface area contributed by atoms with E-state index in [1.165, 1.54) is 14.2 Å². The van der Waals surface area contributed by atoms with E-state index in [-0.39, 0.29) is 19.4 Å². The van der Waals surface area contributed by atoms with Crippen LogP contribution in [0.4, 0.5) is 0 Å². The van der Waals surface area contributed by atoms with Gasteiger partial charge in [0.05, 0.1) is 39.1 Å². The van der Waals surface area contributed by atoms with Gasteiger partial charge in [0, 0.05) is 12.8 Å². The summed E-state index contributed by atoms with van der Waals surface area (Å²) in [5.74, 6) is -1.27. The number of ether oxygens (including phenoxy) is 4. The number of esters is 2. The van der Waals surface area contributed by atoms with Crippen LogP contribution in [0.15, 0.2) is 0 Å². The maximum atomic E-state index is 12.3. The zero-order valence-corrected chi connectivity index (χ0v) is 13.5. The van der Waals surface area contributed by atoms with Crippen LogP contribution in [-0.4, -0.2) is 80.9 Å². The number of rotatable bonds is 5. The van der Waals surface area contributed by atoms with Crippen LogP contribution in [0.25, 0.3) is 0 Å². The Labute approximate surface area is 134 Å². The molecule has 0 unspecified atom stereocenters. The van der Waals surface area contributed by atoms with E-state index in [2.05, 4.69) is 10.1 Å². The molecule has 2 aliphatic heterocycles. The summed E-state index contributed by atoms with van der Waals surface area (Å²) in [7, 11) is 4.15. The van der Waals surface area contributed by atoms with Gasteiger partial charge < -0.3 is 35.1 Å². The predicted octanol–water partition coefficient (Wildman–Crippen LogP) is -2.07. The smallest absolute Gasteiger partial charge is 0.338 e. The molecule has 0 aliphatic carbocycles. The molecule has 0 aromatic heterocycles. The molecule has 0 saturated carbocycles. The Morgan fingerprint density at radius 2 is 2.13 bits per heavy atom. The van der Waals surface area contributed by atoms with Gasteiger partial charge in [-0.25, -0.2) is 4.79 Å². The van der Waals surface area contributed by atoms with Crippen LogP contribution < -0.4 is 11.1 Å². The second kappa shape index (κ2) is 7.10. The molecule has 0 spiro atoms. The van der Waals surface area contributed by atoms with E-state index in [0.717, 1.165) is 0 Å². The summed E-state index contributed by atoms with van der Waals surface area (Å²) in [5.41, 5.74) is 4.40. The van der Waals surface area contributed by atoms with Crippen LogP contribution in [0.1, 0.15) is 12.8 Å². The van der Waals surface area contributed by atoms with Crippen molar-refractivity contribution in [3.8, 4) is 0 Å². The number of likely N-dealkylation sites (N-methyl/N-ethyl adjacent to an activating group) is 1. The van der Waals surface area contributed by atoms with E-state index < -0.39 is 47.9 Å². The quantitative estimate of drug-likeness (QED) is 0.486. The Kier molecular flexibility index (Phi) is 5.58. The maximum absolute atomic E-state index is 12.3. The molecule has 2 rings (SSSR count). The molecule has 6 atom stereocenters. The lowest BCUT2D eigenvalue weighted by Gasteiger charge is -2.36. The number of carbonyl (C=O) groups is 2. The van der Waals surface area contributed by atoms with Crippen molar-refractivity contribution >= 4 is 11.9 Å². The molecule has 0 radical (unpaired) electrons. The summed E-state index contributed by atoms with van der Waals surface area (Å²) in [4.78, 5) is 23.9. The van der Waals surface area contributed by atoms with Crippen molar-refractivity contribution in [2.45, 2.75) is 48.8 Å². The Morgan fingerprint density at radius 1 is 1.43 bits per heavy atom. The number of hydrogen-bond donors (Lipinski definition) is 3. The summed E-state index contributed by atoms with van der Waals surface area (Å²) in [6, 6.07) is -1.42. The molecular weight excluding hydrogens is 308 g/mol. The topological polar surface area (TPSA) is 129 Å². The van der Waals surface area contributed by atoms with Crippen LogP contribution in [0, 0.1) is 0 Å². The summed E-state index contributed by atoms with van der Waals surface area (Å²) in [6.45, 7) is 0.135. The highest BCUT2D eigenvalue weighted by atomic mass is 16.6. The largest absolute Gasteiger partial charge is 0.468 e. The molecule has 2 heterocycles. The highest BCUT2D eigenvalue weighted by molar-refractivity contribution is 5.82. The summed E-state index contributed by atoms with van der Waals surface area (Å²) >= 11 is 0. The van der Waals surface area contributed by atoms with Crippen LogP contribution in [0.2, 0.25) is 0 Å². The standard InChI is InChI=1S/C14H24N2O7/c1-16-10-8(17)6-22-9-5-14(13(19)21-3,23-11(9)10)4-7(15)12(18)20-2/h7-11,16-17H,4-6,15H2,1-3H3/t7-,8+,9+,10+,11-,14+/m0/s1. The second-order valence-corrected chi connectivity index (χ2v) is 5.86. The van der Waals surface area contributed by atoms with E-state index in [1.807, 2.05) is 0 Å². The predicted molar refractivity (Wildman–Crippen MR) is 77.4 cm³/mol. The third kappa shape index (κ3) is 3.33. The summed E-state index contributed by atoms with van der Waals surface area (Å²) < 4.78 is 21.0. The van der Waals surface area contributed by atoms with Gasteiger partial charge in [0.2, 0.25) is 0 Å². The summed E-state index contributed by atoms with van der Waals surface area (Å²) in [6.07, 6.45) is -1.61. The number of methoxy groups -OCH3 is 2. The average Bonchev–Trinajstić information content (AvgIpc) is 2.92. The fourth-order valence-electron chi connectivity index (χ4n) is 3.31. The zero-order valence-electron chi connectivity index (χ0n) is 13.5. The molecule has 0 bridgehead atoms. The number of carbonyl (C=O) groups excluding carboxylic acids is 2. The molecule has 0 aromatic rings. The van der Waals surface area contributed by atoms with Gasteiger partial charge in [-0.2, -0.15) is 0 Å². The van der Waals surface area contributed by atoms with Crippen LogP contribution >= 0.6 is 0 Å². The fourth-order valence-corrected chi connectivity index (χ4v) is 3.31. The Morgan fingerprint density at radius 3 is 2.70 bits per heavy atom. The van der Waals surface area contributed by atoms with E-state index >= 15 is 0 Å². The third-order valence-corrected chi connectivity index (χ3v) is 4.45. The van der Waals surface area contributed by atoms with Crippen molar-refractivity contribution in [2.24, 2.45) is 5.73 Å². The second-order valence-electron chi connectivity index (χ2n) is 5.86. The van der Waals surface area contributed by atoms with Crippen molar-refractivity contribution in [3.05, 3.63) is 0 Å². The lowest BCUT2D eigenvalue weighted by molar-refractivity contribution is -0.178. The molecule has 2 fully saturated rings. The highest BCUT2D eigenvalue weighted by Crippen LogP contribution is 2.40. The molecule has 2 saturated heterocycles.